The fourth-order valence-electron chi connectivity index (χ4n) is 7.94. The predicted octanol–water partition coefficient (Wildman–Crippen LogP) is 7.17. The van der Waals surface area contributed by atoms with Gasteiger partial charge in [0.05, 0.1) is 17.2 Å². The largest absolute Gasteiger partial charge is 0.393 e. The van der Waals surface area contributed by atoms with Crippen LogP contribution in [0.1, 0.15) is 89.7 Å². The third kappa shape index (κ3) is 4.79. The Balaban J connectivity index is 1.75. The van der Waals surface area contributed by atoms with Crippen LogP contribution in [0.15, 0.2) is 36.4 Å². The molecule has 3 aliphatic rings. The van der Waals surface area contributed by atoms with E-state index in [1.54, 1.807) is 24.3 Å². The molecular formula is C32H39Cl2FN2O3. The molecule has 2 aromatic rings. The zero-order chi connectivity index (χ0) is 29.0. The highest BCUT2D eigenvalue weighted by molar-refractivity contribution is 6.31. The van der Waals surface area contributed by atoms with E-state index in [4.69, 9.17) is 23.2 Å². The lowest BCUT2D eigenvalue weighted by molar-refractivity contribution is -0.124. The fourth-order valence-corrected chi connectivity index (χ4v) is 8.29. The molecule has 1 saturated heterocycles. The minimum absolute atomic E-state index is 0.0374. The van der Waals surface area contributed by atoms with E-state index >= 15 is 4.39 Å². The lowest BCUT2D eigenvalue weighted by Gasteiger charge is -2.47. The van der Waals surface area contributed by atoms with Crippen LogP contribution in [0.3, 0.4) is 0 Å². The average Bonchev–Trinajstić information content (AvgIpc) is 3.34. The number of benzene rings is 2. The van der Waals surface area contributed by atoms with Crippen LogP contribution in [0, 0.1) is 17.2 Å². The Morgan fingerprint density at radius 2 is 1.82 bits per heavy atom. The molecule has 3 N–H and O–H groups in total. The maximum absolute atomic E-state index is 16.0. The molecule has 0 bridgehead atoms. The van der Waals surface area contributed by atoms with E-state index in [0.717, 1.165) is 18.4 Å². The molecule has 2 aromatic carbocycles. The Kier molecular flexibility index (Phi) is 7.88. The fraction of sp³-hybridized carbons (Fsp3) is 0.562. The highest BCUT2D eigenvalue weighted by atomic mass is 35.5. The maximum atomic E-state index is 16.0. The van der Waals surface area contributed by atoms with Crippen molar-refractivity contribution in [2.24, 2.45) is 11.3 Å². The number of hydrogen-bond acceptors (Lipinski definition) is 4. The van der Waals surface area contributed by atoms with E-state index in [9.17, 15) is 14.7 Å². The van der Waals surface area contributed by atoms with E-state index in [2.05, 4.69) is 31.4 Å². The van der Waals surface area contributed by atoms with Gasteiger partial charge in [0.15, 0.2) is 5.78 Å². The molecule has 1 amide bonds. The summed E-state index contributed by atoms with van der Waals surface area (Å²) >= 11 is 12.7. The van der Waals surface area contributed by atoms with Gasteiger partial charge in [0.1, 0.15) is 11.2 Å². The van der Waals surface area contributed by atoms with Gasteiger partial charge in [0.2, 0.25) is 5.91 Å². The number of Topliss-reactive ketones (excluding diaryl/α,β-unsaturated/α-hetero) is 1. The Bertz CT molecular complexity index is 1320. The molecule has 4 atom stereocenters. The molecule has 2 heterocycles. The van der Waals surface area contributed by atoms with Gasteiger partial charge in [-0.15, -0.1) is 0 Å². The van der Waals surface area contributed by atoms with Crippen molar-refractivity contribution in [1.82, 2.24) is 5.32 Å². The summed E-state index contributed by atoms with van der Waals surface area (Å²) in [7, 11) is 0. The molecule has 2 fully saturated rings. The van der Waals surface area contributed by atoms with Crippen molar-refractivity contribution in [3.05, 3.63) is 63.4 Å². The SMILES string of the molecule is CCC1(CC(C)(C)C)NC(C(=O)CC2CCC(O)CC2)C(c2cccc(Cl)c2F)C12C(=O)Nc1cc(Cl)ccc12. The highest BCUT2D eigenvalue weighted by Crippen LogP contribution is 2.62. The van der Waals surface area contributed by atoms with Crippen molar-refractivity contribution in [3.63, 3.8) is 0 Å². The van der Waals surface area contributed by atoms with Gasteiger partial charge in [-0.3, -0.25) is 14.9 Å². The number of amides is 1. The van der Waals surface area contributed by atoms with Crippen LogP contribution in [-0.4, -0.2) is 34.5 Å². The molecule has 5 rings (SSSR count). The third-order valence-corrected chi connectivity index (χ3v) is 9.93. The van der Waals surface area contributed by atoms with Crippen LogP contribution in [0.2, 0.25) is 10.0 Å². The molecule has 0 aromatic heterocycles. The van der Waals surface area contributed by atoms with E-state index in [1.165, 1.54) is 6.07 Å². The first-order chi connectivity index (χ1) is 18.8. The van der Waals surface area contributed by atoms with Crippen molar-refractivity contribution in [3.8, 4) is 0 Å². The summed E-state index contributed by atoms with van der Waals surface area (Å²) in [5.41, 5.74) is -0.797. The number of aliphatic hydroxyl groups is 1. The van der Waals surface area contributed by atoms with Crippen LogP contribution in [0.25, 0.3) is 0 Å². The Morgan fingerprint density at radius 3 is 2.48 bits per heavy atom. The Hall–Kier alpha value is -1.99. The summed E-state index contributed by atoms with van der Waals surface area (Å²) in [6, 6.07) is 9.37. The molecule has 8 heteroatoms. The van der Waals surface area contributed by atoms with E-state index in [1.807, 2.05) is 13.0 Å². The second kappa shape index (κ2) is 10.7. The van der Waals surface area contributed by atoms with Gasteiger partial charge in [-0.2, -0.15) is 0 Å². The first kappa shape index (κ1) is 29.5. The zero-order valence-electron chi connectivity index (χ0n) is 23.6. The lowest BCUT2D eigenvalue weighted by atomic mass is 9.55. The van der Waals surface area contributed by atoms with Crippen molar-refractivity contribution in [1.29, 1.82) is 0 Å². The average molecular weight is 590 g/mol. The number of carbonyl (C=O) groups is 2. The van der Waals surface area contributed by atoms with Gasteiger partial charge in [-0.05, 0) is 79.2 Å². The van der Waals surface area contributed by atoms with Gasteiger partial charge in [0, 0.05) is 28.6 Å². The highest BCUT2D eigenvalue weighted by Gasteiger charge is 2.72. The quantitative estimate of drug-likeness (QED) is 0.334. The Morgan fingerprint density at radius 1 is 1.12 bits per heavy atom. The lowest BCUT2D eigenvalue weighted by Crippen LogP contribution is -2.60. The monoisotopic (exact) mass is 588 g/mol. The number of rotatable bonds is 6. The first-order valence-corrected chi connectivity index (χ1v) is 15.1. The third-order valence-electron chi connectivity index (χ3n) is 9.40. The second-order valence-electron chi connectivity index (χ2n) is 13.2. The van der Waals surface area contributed by atoms with Gasteiger partial charge in [-0.25, -0.2) is 4.39 Å². The van der Waals surface area contributed by atoms with Crippen molar-refractivity contribution in [2.75, 3.05) is 5.32 Å². The Labute approximate surface area is 246 Å². The number of ketones is 1. The molecule has 1 spiro atoms. The topological polar surface area (TPSA) is 78.4 Å². The van der Waals surface area contributed by atoms with Crippen LogP contribution in [0.4, 0.5) is 10.1 Å². The summed E-state index contributed by atoms with van der Waals surface area (Å²) < 4.78 is 16.0. The summed E-state index contributed by atoms with van der Waals surface area (Å²) in [6.45, 7) is 8.38. The smallest absolute Gasteiger partial charge is 0.237 e. The van der Waals surface area contributed by atoms with Crippen molar-refractivity contribution >= 4 is 40.6 Å². The number of halogens is 3. The molecule has 0 radical (unpaired) electrons. The van der Waals surface area contributed by atoms with Gasteiger partial charge in [-0.1, -0.05) is 69.1 Å². The van der Waals surface area contributed by atoms with Crippen LogP contribution in [0.5, 0.6) is 0 Å². The summed E-state index contributed by atoms with van der Waals surface area (Å²) in [5.74, 6) is -1.60. The van der Waals surface area contributed by atoms with E-state index < -0.39 is 28.7 Å². The molecule has 2 aliphatic heterocycles. The van der Waals surface area contributed by atoms with Crippen molar-refractivity contribution < 1.29 is 19.1 Å². The summed E-state index contributed by atoms with van der Waals surface area (Å²) in [5, 5.41) is 17.2. The van der Waals surface area contributed by atoms with Gasteiger partial charge < -0.3 is 10.4 Å². The van der Waals surface area contributed by atoms with Crippen LogP contribution >= 0.6 is 23.2 Å². The number of carbonyl (C=O) groups excluding carboxylic acids is 2. The van der Waals surface area contributed by atoms with Gasteiger partial charge in [0.25, 0.3) is 0 Å². The van der Waals surface area contributed by atoms with Gasteiger partial charge >= 0.3 is 0 Å². The number of anilines is 1. The second-order valence-corrected chi connectivity index (χ2v) is 14.1. The summed E-state index contributed by atoms with van der Waals surface area (Å²) in [6.07, 6.45) is 3.98. The number of fused-ring (bicyclic) bond motifs is 2. The predicted molar refractivity (Wildman–Crippen MR) is 158 cm³/mol. The molecule has 1 saturated carbocycles. The van der Waals surface area contributed by atoms with E-state index in [-0.39, 0.29) is 39.7 Å². The number of aliphatic hydroxyl groups excluding tert-OH is 1. The molecule has 216 valence electrons. The molecule has 5 nitrogen and oxygen atoms in total. The minimum Gasteiger partial charge on any atom is -0.393 e. The van der Waals surface area contributed by atoms with Crippen LogP contribution < -0.4 is 10.6 Å². The number of nitrogens with one attached hydrogen (secondary N) is 2. The van der Waals surface area contributed by atoms with Crippen LogP contribution in [-0.2, 0) is 15.0 Å². The maximum Gasteiger partial charge on any atom is 0.237 e. The number of hydrogen-bond donors (Lipinski definition) is 3. The summed E-state index contributed by atoms with van der Waals surface area (Å²) in [4.78, 5) is 28.8. The first-order valence-electron chi connectivity index (χ1n) is 14.4. The normalized spacial score (nSPS) is 31.9. The molecular weight excluding hydrogens is 550 g/mol. The zero-order valence-corrected chi connectivity index (χ0v) is 25.1. The van der Waals surface area contributed by atoms with E-state index in [0.29, 0.717) is 42.8 Å². The standard InChI is InChI=1S/C32H39Cl2FN2O3/c1-5-31(17-30(2,3)4)32(22-14-11-19(33)16-24(22)36-29(32)40)26(21-7-6-8-23(34)27(21)35)28(37-31)25(39)15-18-9-12-20(38)13-10-18/h6-8,11,14,16,18,20,26,28,37-38H,5,9-10,12-13,15,17H2,1-4H3,(H,36,40). The molecule has 1 aliphatic carbocycles. The molecule has 4 unspecified atom stereocenters. The van der Waals surface area contributed by atoms with Crippen molar-refractivity contribution in [2.45, 2.75) is 102 Å². The molecule has 40 heavy (non-hydrogen) atoms. The minimum atomic E-state index is -1.29.